The van der Waals surface area contributed by atoms with E-state index in [9.17, 15) is 28.0 Å². The van der Waals surface area contributed by atoms with Gasteiger partial charge in [-0.1, -0.05) is 59.6 Å². The molecule has 2 aliphatic rings. The SMILES string of the molecule is O=C1C(Cl)=C(Nc2cccc(F)c2)C(=O)N1Cc1cccc(CN2C(=O)C(Cl)=C(Nc3cccc(F)c3)C2=O)c1. The molecule has 8 nitrogen and oxygen atoms in total. The lowest BCUT2D eigenvalue weighted by Crippen LogP contribution is -2.32. The molecule has 0 fully saturated rings. The van der Waals surface area contributed by atoms with Crippen molar-refractivity contribution in [3.05, 3.63) is 117 Å². The Kier molecular flexibility index (Phi) is 7.38. The minimum absolute atomic E-state index is 0.149. The van der Waals surface area contributed by atoms with Crippen LogP contribution in [0.2, 0.25) is 0 Å². The predicted molar refractivity (Wildman–Crippen MR) is 143 cm³/mol. The van der Waals surface area contributed by atoms with Gasteiger partial charge in [0.05, 0.1) is 13.1 Å². The number of carbonyl (C=O) groups is 4. The number of nitrogens with one attached hydrogen (secondary N) is 2. The molecule has 0 spiro atoms. The first kappa shape index (κ1) is 27.0. The number of halogens is 4. The number of amides is 4. The lowest BCUT2D eigenvalue weighted by molar-refractivity contribution is -0.139. The van der Waals surface area contributed by atoms with E-state index in [1.807, 2.05) is 0 Å². The Morgan fingerprint density at radius 1 is 0.575 bits per heavy atom. The van der Waals surface area contributed by atoms with Gasteiger partial charge in [-0.05, 0) is 47.5 Å². The first-order chi connectivity index (χ1) is 19.1. The van der Waals surface area contributed by atoms with Crippen LogP contribution in [-0.2, 0) is 32.3 Å². The maximum atomic E-state index is 13.5. The van der Waals surface area contributed by atoms with Crippen molar-refractivity contribution in [1.29, 1.82) is 0 Å². The molecule has 40 heavy (non-hydrogen) atoms. The Morgan fingerprint density at radius 2 is 0.975 bits per heavy atom. The van der Waals surface area contributed by atoms with Gasteiger partial charge in [0.2, 0.25) is 0 Å². The third-order valence-electron chi connectivity index (χ3n) is 6.08. The molecule has 0 saturated heterocycles. The Labute approximate surface area is 236 Å². The molecule has 4 amide bonds. The van der Waals surface area contributed by atoms with Crippen LogP contribution in [0.1, 0.15) is 11.1 Å². The number of nitrogens with zero attached hydrogens (tertiary/aromatic N) is 2. The third kappa shape index (κ3) is 5.31. The summed E-state index contributed by atoms with van der Waals surface area (Å²) in [5.74, 6) is -3.92. The fourth-order valence-electron chi connectivity index (χ4n) is 4.21. The number of hydrogen-bond acceptors (Lipinski definition) is 6. The number of anilines is 2. The summed E-state index contributed by atoms with van der Waals surface area (Å²) in [6, 6.07) is 17.3. The van der Waals surface area contributed by atoms with E-state index in [4.69, 9.17) is 23.2 Å². The zero-order valence-corrected chi connectivity index (χ0v) is 21.9. The molecule has 3 aromatic carbocycles. The monoisotopic (exact) mass is 582 g/mol. The average Bonchev–Trinajstić information content (AvgIpc) is 3.24. The zero-order valence-electron chi connectivity index (χ0n) is 20.4. The summed E-state index contributed by atoms with van der Waals surface area (Å²) >= 11 is 12.3. The molecule has 2 aliphatic heterocycles. The topological polar surface area (TPSA) is 98.8 Å². The number of carbonyl (C=O) groups excluding carboxylic acids is 4. The molecule has 0 saturated carbocycles. The number of hydrogen-bond donors (Lipinski definition) is 2. The second kappa shape index (κ2) is 10.9. The standard InChI is InChI=1S/C28H18Cl2F2N4O4/c29-21-23(33-19-8-2-6-17(31)11-19)27(39)35(25(21)37)13-15-4-1-5-16(10-15)14-36-26(38)22(30)24(28(36)40)34-20-9-3-7-18(32)12-20/h1-12,33-34H,13-14H2. The Hall–Kier alpha value is -4.54. The highest BCUT2D eigenvalue weighted by molar-refractivity contribution is 6.48. The summed E-state index contributed by atoms with van der Waals surface area (Å²) < 4.78 is 27.1. The van der Waals surface area contributed by atoms with Crippen LogP contribution in [0.4, 0.5) is 20.2 Å². The van der Waals surface area contributed by atoms with Gasteiger partial charge >= 0.3 is 0 Å². The van der Waals surface area contributed by atoms with Gasteiger partial charge in [0.15, 0.2) is 0 Å². The van der Waals surface area contributed by atoms with Crippen molar-refractivity contribution in [3.8, 4) is 0 Å². The predicted octanol–water partition coefficient (Wildman–Crippen LogP) is 4.83. The van der Waals surface area contributed by atoms with E-state index in [0.717, 1.165) is 21.9 Å². The van der Waals surface area contributed by atoms with E-state index < -0.39 is 35.3 Å². The van der Waals surface area contributed by atoms with Crippen LogP contribution in [0, 0.1) is 11.6 Å². The van der Waals surface area contributed by atoms with Crippen molar-refractivity contribution in [2.24, 2.45) is 0 Å². The molecule has 202 valence electrons. The summed E-state index contributed by atoms with van der Waals surface area (Å²) in [7, 11) is 0. The van der Waals surface area contributed by atoms with Gasteiger partial charge in [-0.15, -0.1) is 0 Å². The lowest BCUT2D eigenvalue weighted by atomic mass is 10.1. The first-order valence-corrected chi connectivity index (χ1v) is 12.5. The second-order valence-corrected chi connectivity index (χ2v) is 9.62. The lowest BCUT2D eigenvalue weighted by Gasteiger charge is -2.18. The number of benzene rings is 3. The van der Waals surface area contributed by atoms with E-state index in [-0.39, 0.29) is 45.9 Å². The fourth-order valence-corrected chi connectivity index (χ4v) is 4.67. The first-order valence-electron chi connectivity index (χ1n) is 11.8. The molecule has 12 heteroatoms. The highest BCUT2D eigenvalue weighted by atomic mass is 35.5. The maximum absolute atomic E-state index is 13.5. The molecular formula is C28H18Cl2F2N4O4. The fraction of sp³-hybridized carbons (Fsp3) is 0.0714. The van der Waals surface area contributed by atoms with Crippen LogP contribution in [0.3, 0.4) is 0 Å². The Balaban J connectivity index is 1.28. The van der Waals surface area contributed by atoms with Crippen molar-refractivity contribution in [3.63, 3.8) is 0 Å². The van der Waals surface area contributed by atoms with Crippen molar-refractivity contribution < 1.29 is 28.0 Å². The van der Waals surface area contributed by atoms with Crippen LogP contribution < -0.4 is 10.6 Å². The van der Waals surface area contributed by atoms with Gasteiger partial charge in [0.25, 0.3) is 23.6 Å². The second-order valence-electron chi connectivity index (χ2n) is 8.86. The maximum Gasteiger partial charge on any atom is 0.279 e. The summed E-state index contributed by atoms with van der Waals surface area (Å²) in [6.45, 7) is -0.299. The molecule has 0 unspecified atom stereocenters. The van der Waals surface area contributed by atoms with Gasteiger partial charge in [-0.25, -0.2) is 8.78 Å². The molecular weight excluding hydrogens is 565 g/mol. The molecule has 0 atom stereocenters. The summed E-state index contributed by atoms with van der Waals surface area (Å²) in [6.07, 6.45) is 0. The quantitative estimate of drug-likeness (QED) is 0.369. The molecule has 5 rings (SSSR count). The Bertz CT molecular complexity index is 1540. The van der Waals surface area contributed by atoms with Crippen molar-refractivity contribution >= 4 is 58.2 Å². The number of rotatable bonds is 8. The van der Waals surface area contributed by atoms with E-state index in [0.29, 0.717) is 11.1 Å². The molecule has 0 aromatic heterocycles. The van der Waals surface area contributed by atoms with E-state index >= 15 is 0 Å². The largest absolute Gasteiger partial charge is 0.350 e. The summed E-state index contributed by atoms with van der Waals surface area (Å²) in [5.41, 5.74) is 1.17. The van der Waals surface area contributed by atoms with Gasteiger partial charge < -0.3 is 10.6 Å². The van der Waals surface area contributed by atoms with Crippen molar-refractivity contribution in [1.82, 2.24) is 9.80 Å². The van der Waals surface area contributed by atoms with E-state index in [1.54, 1.807) is 24.3 Å². The molecule has 2 heterocycles. The van der Waals surface area contributed by atoms with Crippen LogP contribution in [-0.4, -0.2) is 33.4 Å². The Morgan fingerprint density at radius 3 is 1.38 bits per heavy atom. The minimum atomic E-state index is -0.732. The third-order valence-corrected chi connectivity index (χ3v) is 6.78. The minimum Gasteiger partial charge on any atom is -0.350 e. The molecule has 0 bridgehead atoms. The number of imide groups is 2. The van der Waals surface area contributed by atoms with Gasteiger partial charge in [-0.2, -0.15) is 0 Å². The van der Waals surface area contributed by atoms with E-state index in [2.05, 4.69) is 10.6 Å². The van der Waals surface area contributed by atoms with E-state index in [1.165, 1.54) is 36.4 Å². The summed E-state index contributed by atoms with van der Waals surface area (Å²) in [5, 5.41) is 4.72. The van der Waals surface area contributed by atoms with Crippen molar-refractivity contribution in [2.75, 3.05) is 10.6 Å². The molecule has 3 aromatic rings. The van der Waals surface area contributed by atoms with Crippen LogP contribution in [0.5, 0.6) is 0 Å². The zero-order chi connectivity index (χ0) is 28.6. The highest BCUT2D eigenvalue weighted by Crippen LogP contribution is 2.29. The van der Waals surface area contributed by atoms with Gasteiger partial charge in [-0.3, -0.25) is 29.0 Å². The van der Waals surface area contributed by atoms with Gasteiger partial charge in [0, 0.05) is 11.4 Å². The van der Waals surface area contributed by atoms with Crippen LogP contribution in [0.15, 0.2) is 94.3 Å². The normalized spacial score (nSPS) is 15.6. The summed E-state index contributed by atoms with van der Waals surface area (Å²) in [4.78, 5) is 53.3. The highest BCUT2D eigenvalue weighted by Gasteiger charge is 2.39. The molecule has 0 aliphatic carbocycles. The molecule has 0 radical (unpaired) electrons. The average molecular weight is 583 g/mol. The van der Waals surface area contributed by atoms with Gasteiger partial charge in [0.1, 0.15) is 33.1 Å². The van der Waals surface area contributed by atoms with Crippen molar-refractivity contribution in [2.45, 2.75) is 13.1 Å². The van der Waals surface area contributed by atoms with Crippen LogP contribution >= 0.6 is 23.2 Å². The van der Waals surface area contributed by atoms with Crippen LogP contribution in [0.25, 0.3) is 0 Å². The smallest absolute Gasteiger partial charge is 0.279 e. The molecule has 2 N–H and O–H groups in total.